The van der Waals surface area contributed by atoms with Crippen LogP contribution in [0.25, 0.3) is 0 Å². The normalized spacial score (nSPS) is 23.9. The zero-order valence-electron chi connectivity index (χ0n) is 14.5. The highest BCUT2D eigenvalue weighted by atomic mass is 16.5. The molecule has 0 aromatic heterocycles. The molecule has 6 nitrogen and oxygen atoms in total. The molecule has 2 fully saturated rings. The number of ether oxygens (including phenoxy) is 2. The van der Waals surface area contributed by atoms with Gasteiger partial charge in [-0.1, -0.05) is 30.3 Å². The van der Waals surface area contributed by atoms with Crippen LogP contribution in [0.3, 0.4) is 0 Å². The molecule has 2 atom stereocenters. The number of nitrogens with zero attached hydrogens (tertiary/aromatic N) is 1. The van der Waals surface area contributed by atoms with Crippen molar-refractivity contribution in [3.8, 4) is 0 Å². The van der Waals surface area contributed by atoms with E-state index >= 15 is 0 Å². The van der Waals surface area contributed by atoms with Gasteiger partial charge in [-0.15, -0.1) is 0 Å². The lowest BCUT2D eigenvalue weighted by Crippen LogP contribution is -2.43. The molecule has 0 radical (unpaired) electrons. The molecule has 3 rings (SSSR count). The van der Waals surface area contributed by atoms with Crippen molar-refractivity contribution in [1.82, 2.24) is 10.2 Å². The van der Waals surface area contributed by atoms with Crippen molar-refractivity contribution in [2.24, 2.45) is 5.92 Å². The summed E-state index contributed by atoms with van der Waals surface area (Å²) in [7, 11) is 0. The second kappa shape index (κ2) is 8.97. The highest BCUT2D eigenvalue weighted by Gasteiger charge is 2.32. The fourth-order valence-electron chi connectivity index (χ4n) is 3.42. The Hall–Kier alpha value is -1.92. The summed E-state index contributed by atoms with van der Waals surface area (Å²) in [5, 5.41) is 2.92. The van der Waals surface area contributed by atoms with E-state index in [1.165, 1.54) is 0 Å². The van der Waals surface area contributed by atoms with E-state index in [-0.39, 0.29) is 23.8 Å². The van der Waals surface area contributed by atoms with Crippen LogP contribution in [0.2, 0.25) is 0 Å². The standard InChI is InChI=1S/C19H26N2O4/c22-17(21-10-13-24-14-11-21)8-9-20-19(23)16-7-4-12-25-18(16)15-5-2-1-3-6-15/h1-3,5-6,16,18H,4,7-14H2,(H,20,23)/t16-,18+/m1/s1. The average Bonchev–Trinajstić information content (AvgIpc) is 2.69. The predicted octanol–water partition coefficient (Wildman–Crippen LogP) is 1.52. The summed E-state index contributed by atoms with van der Waals surface area (Å²) in [6.07, 6.45) is 1.82. The molecule has 1 aromatic carbocycles. The molecule has 2 amide bonds. The van der Waals surface area contributed by atoms with Gasteiger partial charge in [-0.25, -0.2) is 0 Å². The second-order valence-corrected chi connectivity index (χ2v) is 6.48. The van der Waals surface area contributed by atoms with Gasteiger partial charge in [0.25, 0.3) is 0 Å². The molecular formula is C19H26N2O4. The topological polar surface area (TPSA) is 67.9 Å². The molecule has 0 bridgehead atoms. The lowest BCUT2D eigenvalue weighted by atomic mass is 9.89. The van der Waals surface area contributed by atoms with Crippen molar-refractivity contribution >= 4 is 11.8 Å². The monoisotopic (exact) mass is 346 g/mol. The third kappa shape index (κ3) is 4.80. The largest absolute Gasteiger partial charge is 0.378 e. The molecule has 0 spiro atoms. The van der Waals surface area contributed by atoms with Crippen molar-refractivity contribution in [3.63, 3.8) is 0 Å². The van der Waals surface area contributed by atoms with Crippen LogP contribution in [-0.2, 0) is 19.1 Å². The summed E-state index contributed by atoms with van der Waals surface area (Å²) in [5.74, 6) is -0.152. The predicted molar refractivity (Wildman–Crippen MR) is 92.9 cm³/mol. The summed E-state index contributed by atoms with van der Waals surface area (Å²) >= 11 is 0. The van der Waals surface area contributed by atoms with Crippen molar-refractivity contribution in [1.29, 1.82) is 0 Å². The van der Waals surface area contributed by atoms with Crippen LogP contribution in [0, 0.1) is 5.92 Å². The SMILES string of the molecule is O=C(NCCC(=O)N1CCOCC1)[C@@H]1CCCO[C@H]1c1ccccc1. The maximum atomic E-state index is 12.6. The van der Waals surface area contributed by atoms with Gasteiger partial charge in [-0.05, 0) is 18.4 Å². The summed E-state index contributed by atoms with van der Waals surface area (Å²) < 4.78 is 11.1. The van der Waals surface area contributed by atoms with E-state index in [1.54, 1.807) is 4.90 Å². The van der Waals surface area contributed by atoms with E-state index in [0.29, 0.717) is 45.9 Å². The molecule has 1 N–H and O–H groups in total. The number of morpholine rings is 1. The Bertz CT molecular complexity index is 572. The number of hydrogen-bond acceptors (Lipinski definition) is 4. The maximum Gasteiger partial charge on any atom is 0.226 e. The molecule has 2 aliphatic rings. The zero-order valence-corrected chi connectivity index (χ0v) is 14.5. The number of amides is 2. The molecule has 2 saturated heterocycles. The van der Waals surface area contributed by atoms with Crippen LogP contribution < -0.4 is 5.32 Å². The highest BCUT2D eigenvalue weighted by molar-refractivity contribution is 5.81. The molecule has 0 aliphatic carbocycles. The van der Waals surface area contributed by atoms with Gasteiger partial charge in [0, 0.05) is 32.7 Å². The fourth-order valence-corrected chi connectivity index (χ4v) is 3.42. The van der Waals surface area contributed by atoms with Crippen LogP contribution in [-0.4, -0.2) is 56.2 Å². The smallest absolute Gasteiger partial charge is 0.226 e. The van der Waals surface area contributed by atoms with E-state index in [0.717, 1.165) is 18.4 Å². The average molecular weight is 346 g/mol. The first-order chi connectivity index (χ1) is 12.3. The lowest BCUT2D eigenvalue weighted by molar-refractivity contribution is -0.136. The van der Waals surface area contributed by atoms with Gasteiger partial charge in [0.05, 0.1) is 25.2 Å². The Kier molecular flexibility index (Phi) is 6.42. The molecule has 1 aromatic rings. The first-order valence-electron chi connectivity index (χ1n) is 9.05. The van der Waals surface area contributed by atoms with Crippen molar-refractivity contribution in [2.75, 3.05) is 39.5 Å². The van der Waals surface area contributed by atoms with E-state index < -0.39 is 0 Å². The lowest BCUT2D eigenvalue weighted by Gasteiger charge is -2.31. The number of nitrogens with one attached hydrogen (secondary N) is 1. The van der Waals surface area contributed by atoms with Gasteiger partial charge >= 0.3 is 0 Å². The van der Waals surface area contributed by atoms with E-state index in [4.69, 9.17) is 9.47 Å². The van der Waals surface area contributed by atoms with Crippen molar-refractivity contribution in [2.45, 2.75) is 25.4 Å². The van der Waals surface area contributed by atoms with Crippen LogP contribution in [0.5, 0.6) is 0 Å². The zero-order chi connectivity index (χ0) is 17.5. The second-order valence-electron chi connectivity index (χ2n) is 6.48. The van der Waals surface area contributed by atoms with E-state index in [2.05, 4.69) is 5.32 Å². The first-order valence-corrected chi connectivity index (χ1v) is 9.05. The van der Waals surface area contributed by atoms with Crippen molar-refractivity contribution < 1.29 is 19.1 Å². The molecule has 0 saturated carbocycles. The van der Waals surface area contributed by atoms with Gasteiger partial charge < -0.3 is 19.7 Å². The number of carbonyl (C=O) groups is 2. The molecule has 6 heteroatoms. The third-order valence-electron chi connectivity index (χ3n) is 4.79. The molecular weight excluding hydrogens is 320 g/mol. The van der Waals surface area contributed by atoms with Gasteiger partial charge in [0.2, 0.25) is 11.8 Å². The summed E-state index contributed by atoms with van der Waals surface area (Å²) in [5.41, 5.74) is 1.03. The van der Waals surface area contributed by atoms with Gasteiger partial charge in [0.1, 0.15) is 0 Å². The van der Waals surface area contributed by atoms with Crippen molar-refractivity contribution in [3.05, 3.63) is 35.9 Å². The van der Waals surface area contributed by atoms with Gasteiger partial charge in [0.15, 0.2) is 0 Å². The molecule has 136 valence electrons. The van der Waals surface area contributed by atoms with E-state index in [9.17, 15) is 9.59 Å². The van der Waals surface area contributed by atoms with Crippen LogP contribution in [0.4, 0.5) is 0 Å². The molecule has 25 heavy (non-hydrogen) atoms. The van der Waals surface area contributed by atoms with Gasteiger partial charge in [-0.3, -0.25) is 9.59 Å². The Morgan fingerprint density at radius 1 is 1.12 bits per heavy atom. The van der Waals surface area contributed by atoms with Crippen LogP contribution >= 0.6 is 0 Å². The number of benzene rings is 1. The minimum absolute atomic E-state index is 0.0247. The first kappa shape index (κ1) is 17.9. The highest BCUT2D eigenvalue weighted by Crippen LogP contribution is 2.33. The molecule has 2 aliphatic heterocycles. The number of carbonyl (C=O) groups excluding carboxylic acids is 2. The minimum Gasteiger partial charge on any atom is -0.378 e. The van der Waals surface area contributed by atoms with Gasteiger partial charge in [-0.2, -0.15) is 0 Å². The molecule has 0 unspecified atom stereocenters. The Morgan fingerprint density at radius 2 is 1.88 bits per heavy atom. The summed E-state index contributed by atoms with van der Waals surface area (Å²) in [6.45, 7) is 3.51. The molecule has 2 heterocycles. The summed E-state index contributed by atoms with van der Waals surface area (Å²) in [6, 6.07) is 9.88. The Balaban J connectivity index is 1.50. The maximum absolute atomic E-state index is 12.6. The quantitative estimate of drug-likeness (QED) is 0.878. The van der Waals surface area contributed by atoms with Crippen LogP contribution in [0.1, 0.15) is 30.9 Å². The number of hydrogen-bond donors (Lipinski definition) is 1. The minimum atomic E-state index is -0.204. The summed E-state index contributed by atoms with van der Waals surface area (Å²) in [4.78, 5) is 26.5. The third-order valence-corrected chi connectivity index (χ3v) is 4.79. The van der Waals surface area contributed by atoms with Crippen LogP contribution in [0.15, 0.2) is 30.3 Å². The fraction of sp³-hybridized carbons (Fsp3) is 0.579. The van der Waals surface area contributed by atoms with E-state index in [1.807, 2.05) is 30.3 Å². The number of rotatable bonds is 5. The Labute approximate surface area is 148 Å². The Morgan fingerprint density at radius 3 is 2.64 bits per heavy atom.